The van der Waals surface area contributed by atoms with E-state index in [9.17, 15) is 0 Å². The number of aryl methyl sites for hydroxylation is 7. The minimum atomic E-state index is 0.154. The molecule has 0 aliphatic heterocycles. The fraction of sp³-hybridized carbons (Fsp3) is 0.385. The van der Waals surface area contributed by atoms with Crippen molar-refractivity contribution >= 4 is 6.08 Å². The van der Waals surface area contributed by atoms with Crippen molar-refractivity contribution in [1.82, 2.24) is 39.1 Å². The van der Waals surface area contributed by atoms with Gasteiger partial charge < -0.3 is 4.57 Å². The Morgan fingerprint density at radius 3 is 1.80 bits per heavy atom. The zero-order valence-corrected chi connectivity index (χ0v) is 22.0. The minimum Gasteiger partial charge on any atom is -0.336 e. The van der Waals surface area contributed by atoms with Gasteiger partial charge in [-0.2, -0.15) is 25.1 Å². The van der Waals surface area contributed by atoms with Crippen LogP contribution in [0.1, 0.15) is 53.6 Å². The molecule has 0 aliphatic rings. The first-order chi connectivity index (χ1) is 16.5. The van der Waals surface area contributed by atoms with Crippen molar-refractivity contribution in [2.45, 2.75) is 55.4 Å². The number of nitrogens with zero attached hydrogens (tertiary/aromatic N) is 9. The molecular formula is C26H33N9. The second kappa shape index (κ2) is 9.40. The lowest BCUT2D eigenvalue weighted by Crippen LogP contribution is -2.21. The maximum atomic E-state index is 5.02. The summed E-state index contributed by atoms with van der Waals surface area (Å²) in [6.45, 7) is 16.3. The van der Waals surface area contributed by atoms with Gasteiger partial charge in [0.1, 0.15) is 5.49 Å². The Morgan fingerprint density at radius 1 is 0.829 bits per heavy atom. The number of rotatable bonds is 5. The molecule has 9 heteroatoms. The molecule has 0 saturated heterocycles. The summed E-state index contributed by atoms with van der Waals surface area (Å²) in [5, 5.41) is 9.17. The van der Waals surface area contributed by atoms with Crippen LogP contribution in [0.5, 0.6) is 0 Å². The predicted octanol–water partition coefficient (Wildman–Crippen LogP) is 4.03. The van der Waals surface area contributed by atoms with Crippen LogP contribution in [0.15, 0.2) is 35.1 Å². The van der Waals surface area contributed by atoms with E-state index in [0.717, 1.165) is 39.5 Å². The number of allylic oxidation sites excluding steroid dienone is 1. The third kappa shape index (κ3) is 5.13. The van der Waals surface area contributed by atoms with E-state index in [0.29, 0.717) is 17.7 Å². The molecule has 182 valence electrons. The highest BCUT2D eigenvalue weighted by Gasteiger charge is 2.15. The second-order valence-corrected chi connectivity index (χ2v) is 9.44. The van der Waals surface area contributed by atoms with Crippen LogP contribution in [0.4, 0.5) is 0 Å². The number of hydrogen-bond donors (Lipinski definition) is 0. The van der Waals surface area contributed by atoms with Gasteiger partial charge in [-0.05, 0) is 70.7 Å². The molecule has 0 atom stereocenters. The quantitative estimate of drug-likeness (QED) is 0.438. The van der Waals surface area contributed by atoms with Crippen LogP contribution in [0.25, 0.3) is 18.0 Å². The fourth-order valence-corrected chi connectivity index (χ4v) is 4.12. The summed E-state index contributed by atoms with van der Waals surface area (Å²) in [7, 11) is 2.02. The summed E-state index contributed by atoms with van der Waals surface area (Å²) in [4.78, 5) is 19.2. The van der Waals surface area contributed by atoms with Gasteiger partial charge in [-0.1, -0.05) is 19.9 Å². The summed E-state index contributed by atoms with van der Waals surface area (Å²) in [5.74, 6) is 1.55. The van der Waals surface area contributed by atoms with Crippen molar-refractivity contribution in [3.63, 3.8) is 0 Å². The highest BCUT2D eigenvalue weighted by molar-refractivity contribution is 5.47. The molecule has 0 radical (unpaired) electrons. The molecule has 0 aromatic carbocycles. The molecule has 4 heterocycles. The van der Waals surface area contributed by atoms with Crippen molar-refractivity contribution in [3.8, 4) is 11.9 Å². The number of pyridine rings is 1. The molecule has 0 unspecified atom stereocenters. The summed E-state index contributed by atoms with van der Waals surface area (Å²) < 4.78 is 5.52. The molecule has 0 N–H and O–H groups in total. The Bertz CT molecular complexity index is 1400. The normalized spacial score (nSPS) is 12.7. The van der Waals surface area contributed by atoms with Gasteiger partial charge in [0.15, 0.2) is 5.82 Å². The van der Waals surface area contributed by atoms with Gasteiger partial charge in [-0.3, -0.25) is 0 Å². The molecular weight excluding hydrogens is 438 g/mol. The molecule has 0 amide bonds. The molecule has 4 aromatic rings. The zero-order chi connectivity index (χ0) is 25.4. The van der Waals surface area contributed by atoms with Gasteiger partial charge in [-0.25, -0.2) is 14.4 Å². The summed E-state index contributed by atoms with van der Waals surface area (Å²) >= 11 is 0. The van der Waals surface area contributed by atoms with E-state index in [-0.39, 0.29) is 5.92 Å². The zero-order valence-electron chi connectivity index (χ0n) is 22.0. The van der Waals surface area contributed by atoms with Crippen molar-refractivity contribution in [2.75, 3.05) is 0 Å². The number of aromatic nitrogens is 8. The maximum absolute atomic E-state index is 5.02. The summed E-state index contributed by atoms with van der Waals surface area (Å²) in [6.07, 6.45) is 4.00. The van der Waals surface area contributed by atoms with Gasteiger partial charge in [0.05, 0.1) is 11.4 Å². The van der Waals surface area contributed by atoms with Crippen LogP contribution in [-0.2, 0) is 7.05 Å². The predicted molar refractivity (Wildman–Crippen MR) is 136 cm³/mol. The molecule has 0 aliphatic carbocycles. The lowest BCUT2D eigenvalue weighted by Gasteiger charge is -2.11. The Balaban J connectivity index is 1.94. The van der Waals surface area contributed by atoms with Crippen LogP contribution >= 0.6 is 0 Å². The molecule has 0 spiro atoms. The first-order valence-electron chi connectivity index (χ1n) is 11.8. The Labute approximate surface area is 205 Å². The topological polar surface area (TPSA) is 91.6 Å². The van der Waals surface area contributed by atoms with Crippen LogP contribution in [0.2, 0.25) is 0 Å². The average Bonchev–Trinajstić information content (AvgIpc) is 3.28. The third-order valence-corrected chi connectivity index (χ3v) is 5.66. The summed E-state index contributed by atoms with van der Waals surface area (Å²) in [6, 6.07) is 6.14. The molecule has 4 rings (SSSR count). The molecule has 4 aromatic heterocycles. The fourth-order valence-electron chi connectivity index (χ4n) is 4.12. The molecule has 0 saturated carbocycles. The standard InChI is InChI=1S/C26H33N9/c1-15(2)22(27-24-17(4)10-16(3)14-33(24)9)13-23-28-25(34-20(7)11-18(5)31-34)30-26(29-23)35-21(8)12-19(6)32-35/h10-15H,1-9H3/b22-13-,27-24+. The van der Waals surface area contributed by atoms with Crippen LogP contribution in [-0.4, -0.2) is 39.1 Å². The Hall–Kier alpha value is -3.88. The Kier molecular flexibility index (Phi) is 6.51. The van der Waals surface area contributed by atoms with Crippen LogP contribution in [0.3, 0.4) is 0 Å². The van der Waals surface area contributed by atoms with Gasteiger partial charge in [0.2, 0.25) is 0 Å². The van der Waals surface area contributed by atoms with Gasteiger partial charge in [0.25, 0.3) is 11.9 Å². The lowest BCUT2D eigenvalue weighted by molar-refractivity contribution is 0.709. The molecule has 0 bridgehead atoms. The van der Waals surface area contributed by atoms with Gasteiger partial charge >= 0.3 is 0 Å². The summed E-state index contributed by atoms with van der Waals surface area (Å²) in [5.41, 5.74) is 7.76. The smallest absolute Gasteiger partial charge is 0.256 e. The van der Waals surface area contributed by atoms with Crippen LogP contribution < -0.4 is 5.49 Å². The first-order valence-corrected chi connectivity index (χ1v) is 11.8. The number of hydrogen-bond acceptors (Lipinski definition) is 6. The van der Waals surface area contributed by atoms with Gasteiger partial charge in [-0.15, -0.1) is 0 Å². The van der Waals surface area contributed by atoms with Crippen molar-refractivity contribution in [2.24, 2.45) is 18.0 Å². The van der Waals surface area contributed by atoms with E-state index < -0.39 is 0 Å². The molecule has 0 fully saturated rings. The van der Waals surface area contributed by atoms with E-state index in [1.807, 2.05) is 53.0 Å². The van der Waals surface area contributed by atoms with E-state index in [2.05, 4.69) is 54.7 Å². The highest BCUT2D eigenvalue weighted by Crippen LogP contribution is 2.17. The first kappa shape index (κ1) is 24.3. The van der Waals surface area contributed by atoms with E-state index >= 15 is 0 Å². The van der Waals surface area contributed by atoms with Crippen molar-refractivity contribution in [1.29, 1.82) is 0 Å². The van der Waals surface area contributed by atoms with Gasteiger partial charge in [0, 0.05) is 36.4 Å². The second-order valence-electron chi connectivity index (χ2n) is 9.44. The average molecular weight is 472 g/mol. The van der Waals surface area contributed by atoms with Crippen LogP contribution in [0, 0.1) is 47.5 Å². The largest absolute Gasteiger partial charge is 0.336 e. The Morgan fingerprint density at radius 2 is 1.37 bits per heavy atom. The highest BCUT2D eigenvalue weighted by atomic mass is 15.4. The molecule has 9 nitrogen and oxygen atoms in total. The molecule has 35 heavy (non-hydrogen) atoms. The lowest BCUT2D eigenvalue weighted by atomic mass is 10.1. The van der Waals surface area contributed by atoms with E-state index in [4.69, 9.17) is 19.9 Å². The SMILES string of the molecule is Cc1cc(C)/c(=N\C(=C/c2nc(-n3nc(C)cc3C)nc(-n3nc(C)cc3C)n2)C(C)C)n(C)c1. The van der Waals surface area contributed by atoms with E-state index in [1.54, 1.807) is 9.36 Å². The maximum Gasteiger partial charge on any atom is 0.256 e. The van der Waals surface area contributed by atoms with Crippen molar-refractivity contribution in [3.05, 3.63) is 75.3 Å². The minimum absolute atomic E-state index is 0.154. The van der Waals surface area contributed by atoms with E-state index in [1.165, 1.54) is 5.56 Å². The van der Waals surface area contributed by atoms with Crippen molar-refractivity contribution < 1.29 is 0 Å². The third-order valence-electron chi connectivity index (χ3n) is 5.66. The monoisotopic (exact) mass is 471 g/mol.